The molecule has 1 aliphatic rings. The first kappa shape index (κ1) is 14.8. The van der Waals surface area contributed by atoms with Crippen molar-refractivity contribution < 1.29 is 35.4 Å². The van der Waals surface area contributed by atoms with Crippen LogP contribution in [-0.2, 0) is 4.74 Å². The summed E-state index contributed by atoms with van der Waals surface area (Å²) < 4.78 is 4.82. The maximum absolute atomic E-state index is 9.93. The first-order valence-corrected chi connectivity index (χ1v) is 5.55. The van der Waals surface area contributed by atoms with E-state index in [1.54, 1.807) is 0 Å². The van der Waals surface area contributed by atoms with Gasteiger partial charge in [-0.05, 0) is 19.8 Å². The van der Waals surface area contributed by atoms with Crippen LogP contribution in [0.4, 0.5) is 0 Å². The fourth-order valence-corrected chi connectivity index (χ4v) is 1.76. The molecule has 2 unspecified atom stereocenters. The Morgan fingerprint density at radius 3 is 2.35 bits per heavy atom. The summed E-state index contributed by atoms with van der Waals surface area (Å²) in [6.07, 6.45) is -6.63. The lowest BCUT2D eigenvalue weighted by Crippen LogP contribution is -2.65. The van der Waals surface area contributed by atoms with E-state index in [4.69, 9.17) is 9.84 Å². The van der Waals surface area contributed by atoms with Crippen molar-refractivity contribution in [2.45, 2.75) is 56.1 Å². The number of aliphatic hydroxyl groups excluding tert-OH is 5. The molecule has 0 aromatic rings. The lowest BCUT2D eigenvalue weighted by atomic mass is 9.90. The molecule has 102 valence electrons. The molecular formula is C10H20O7. The number of aliphatic hydroxyl groups is 6. The van der Waals surface area contributed by atoms with E-state index in [2.05, 4.69) is 0 Å². The van der Waals surface area contributed by atoms with E-state index in [0.717, 1.165) is 0 Å². The Kier molecular flexibility index (Phi) is 4.85. The van der Waals surface area contributed by atoms with Crippen LogP contribution in [0.3, 0.4) is 0 Å². The molecule has 1 fully saturated rings. The van der Waals surface area contributed by atoms with Gasteiger partial charge in [0, 0.05) is 0 Å². The smallest absolute Gasteiger partial charge is 0.221 e. The number of rotatable bonds is 4. The van der Waals surface area contributed by atoms with Crippen molar-refractivity contribution in [2.75, 3.05) is 6.61 Å². The van der Waals surface area contributed by atoms with Crippen molar-refractivity contribution in [3.05, 3.63) is 0 Å². The topological polar surface area (TPSA) is 131 Å². The highest BCUT2D eigenvalue weighted by Gasteiger charge is 2.52. The second kappa shape index (κ2) is 5.57. The van der Waals surface area contributed by atoms with Crippen LogP contribution in [0.15, 0.2) is 0 Å². The van der Waals surface area contributed by atoms with E-state index in [1.165, 1.54) is 6.92 Å². The third-order valence-corrected chi connectivity index (χ3v) is 2.96. The molecule has 0 aliphatic carbocycles. The van der Waals surface area contributed by atoms with Gasteiger partial charge in [0.1, 0.15) is 24.4 Å². The first-order chi connectivity index (χ1) is 7.79. The van der Waals surface area contributed by atoms with Crippen LogP contribution in [0, 0.1) is 0 Å². The van der Waals surface area contributed by atoms with Crippen molar-refractivity contribution in [2.24, 2.45) is 0 Å². The largest absolute Gasteiger partial charge is 0.393 e. The maximum Gasteiger partial charge on any atom is 0.221 e. The van der Waals surface area contributed by atoms with Gasteiger partial charge >= 0.3 is 0 Å². The molecule has 0 saturated carbocycles. The van der Waals surface area contributed by atoms with Crippen LogP contribution >= 0.6 is 0 Å². The molecule has 6 atom stereocenters. The molecule has 17 heavy (non-hydrogen) atoms. The highest BCUT2D eigenvalue weighted by Crippen LogP contribution is 2.29. The van der Waals surface area contributed by atoms with Crippen LogP contribution < -0.4 is 0 Å². The lowest BCUT2D eigenvalue weighted by molar-refractivity contribution is -0.352. The number of hydrogen-bond acceptors (Lipinski definition) is 7. The molecule has 1 saturated heterocycles. The molecule has 0 spiro atoms. The summed E-state index contributed by atoms with van der Waals surface area (Å²) in [4.78, 5) is 0. The van der Waals surface area contributed by atoms with Crippen molar-refractivity contribution in [3.8, 4) is 0 Å². The average molecular weight is 252 g/mol. The predicted octanol–water partition coefficient (Wildman–Crippen LogP) is -2.69. The standard InChI is InChI=1S/C10H20O7/c1-5(11)2-3-7(13)10(16)9(15)8(14)6(12)4-17-10/h5-9,11-16H,2-4H2,1H3/t5?,6-,7?,8+,9-,10-/m1/s1. The van der Waals surface area contributed by atoms with Gasteiger partial charge in [0.15, 0.2) is 0 Å². The molecule has 0 aromatic carbocycles. The predicted molar refractivity (Wildman–Crippen MR) is 55.8 cm³/mol. The molecule has 0 bridgehead atoms. The van der Waals surface area contributed by atoms with Crippen molar-refractivity contribution in [3.63, 3.8) is 0 Å². The highest BCUT2D eigenvalue weighted by molar-refractivity contribution is 4.95. The molecule has 6 N–H and O–H groups in total. The SMILES string of the molecule is CC(O)CCC(O)[C@@]1(O)OC[C@@H](O)[C@H](O)[C@H]1O. The van der Waals surface area contributed by atoms with Crippen molar-refractivity contribution in [1.82, 2.24) is 0 Å². The summed E-state index contributed by atoms with van der Waals surface area (Å²) in [5, 5.41) is 56.9. The molecular weight excluding hydrogens is 232 g/mol. The van der Waals surface area contributed by atoms with E-state index < -0.39 is 36.3 Å². The fourth-order valence-electron chi connectivity index (χ4n) is 1.76. The molecule has 1 aliphatic heterocycles. The Labute approximate surface area is 98.9 Å². The van der Waals surface area contributed by atoms with Gasteiger partial charge < -0.3 is 35.4 Å². The zero-order chi connectivity index (χ0) is 13.2. The summed E-state index contributed by atoms with van der Waals surface area (Å²) in [6, 6.07) is 0. The normalized spacial score (nSPS) is 42.2. The third kappa shape index (κ3) is 3.14. The van der Waals surface area contributed by atoms with E-state index in [0.29, 0.717) is 0 Å². The minimum Gasteiger partial charge on any atom is -0.393 e. The van der Waals surface area contributed by atoms with Gasteiger partial charge in [-0.2, -0.15) is 0 Å². The Balaban J connectivity index is 2.66. The van der Waals surface area contributed by atoms with E-state index in [9.17, 15) is 25.5 Å². The van der Waals surface area contributed by atoms with Crippen LogP contribution in [0.5, 0.6) is 0 Å². The molecule has 7 heteroatoms. The molecule has 0 aromatic heterocycles. The van der Waals surface area contributed by atoms with Crippen molar-refractivity contribution >= 4 is 0 Å². The van der Waals surface area contributed by atoms with Gasteiger partial charge in [0.25, 0.3) is 0 Å². The first-order valence-electron chi connectivity index (χ1n) is 5.55. The quantitative estimate of drug-likeness (QED) is 0.321. The maximum atomic E-state index is 9.93. The summed E-state index contributed by atoms with van der Waals surface area (Å²) in [5.41, 5.74) is 0. The van der Waals surface area contributed by atoms with E-state index >= 15 is 0 Å². The minimum absolute atomic E-state index is 0.00591. The van der Waals surface area contributed by atoms with Gasteiger partial charge in [-0.1, -0.05) is 0 Å². The number of ether oxygens (including phenoxy) is 1. The molecule has 1 rings (SSSR count). The lowest BCUT2D eigenvalue weighted by Gasteiger charge is -2.44. The summed E-state index contributed by atoms with van der Waals surface area (Å²) >= 11 is 0. The van der Waals surface area contributed by atoms with Gasteiger partial charge in [0.05, 0.1) is 12.7 Å². The molecule has 7 nitrogen and oxygen atoms in total. The van der Waals surface area contributed by atoms with Gasteiger partial charge in [-0.3, -0.25) is 0 Å². The highest BCUT2D eigenvalue weighted by atomic mass is 16.7. The van der Waals surface area contributed by atoms with Crippen molar-refractivity contribution in [1.29, 1.82) is 0 Å². The van der Waals surface area contributed by atoms with Crippen LogP contribution in [0.25, 0.3) is 0 Å². The summed E-state index contributed by atoms with van der Waals surface area (Å²) in [5.74, 6) is -2.33. The summed E-state index contributed by atoms with van der Waals surface area (Å²) in [6.45, 7) is 1.13. The number of hydrogen-bond donors (Lipinski definition) is 6. The van der Waals surface area contributed by atoms with Gasteiger partial charge in [-0.15, -0.1) is 0 Å². The minimum atomic E-state index is -2.33. The Hall–Kier alpha value is -0.280. The summed E-state index contributed by atoms with van der Waals surface area (Å²) in [7, 11) is 0. The van der Waals surface area contributed by atoms with Gasteiger partial charge in [0.2, 0.25) is 5.79 Å². The van der Waals surface area contributed by atoms with E-state index in [-0.39, 0.29) is 19.4 Å². The van der Waals surface area contributed by atoms with E-state index in [1.807, 2.05) is 0 Å². The molecule has 0 radical (unpaired) electrons. The average Bonchev–Trinajstić information content (AvgIpc) is 2.28. The Bertz CT molecular complexity index is 247. The second-order valence-corrected chi connectivity index (χ2v) is 4.51. The zero-order valence-electron chi connectivity index (χ0n) is 9.60. The monoisotopic (exact) mass is 252 g/mol. The Morgan fingerprint density at radius 2 is 1.82 bits per heavy atom. The molecule has 0 amide bonds. The Morgan fingerprint density at radius 1 is 1.24 bits per heavy atom. The second-order valence-electron chi connectivity index (χ2n) is 4.51. The van der Waals surface area contributed by atoms with Gasteiger partial charge in [-0.25, -0.2) is 0 Å². The zero-order valence-corrected chi connectivity index (χ0v) is 9.60. The molecule has 1 heterocycles. The van der Waals surface area contributed by atoms with Crippen LogP contribution in [-0.4, -0.2) is 73.6 Å². The van der Waals surface area contributed by atoms with Crippen LogP contribution in [0.2, 0.25) is 0 Å². The fraction of sp³-hybridized carbons (Fsp3) is 1.00. The third-order valence-electron chi connectivity index (χ3n) is 2.96. The van der Waals surface area contributed by atoms with Crippen LogP contribution in [0.1, 0.15) is 19.8 Å².